The van der Waals surface area contributed by atoms with E-state index >= 15 is 0 Å². The maximum atomic E-state index is 13.4. The maximum Gasteiger partial charge on any atom is 0.433 e. The van der Waals surface area contributed by atoms with Gasteiger partial charge in [-0.15, -0.1) is 0 Å². The SMILES string of the molecule is COc1ccnc(N2CCN(C(=O)c3nc(-c4ccc(OC)c5nc(C(F)(F)F)ccc45)oc3CN)CC2)n1. The van der Waals surface area contributed by atoms with Crippen LogP contribution in [0.1, 0.15) is 21.9 Å². The number of anilines is 1. The van der Waals surface area contributed by atoms with Crippen molar-refractivity contribution in [3.8, 4) is 23.1 Å². The van der Waals surface area contributed by atoms with Crippen LogP contribution in [-0.4, -0.2) is 71.1 Å². The van der Waals surface area contributed by atoms with Gasteiger partial charge >= 0.3 is 6.18 Å². The zero-order valence-corrected chi connectivity index (χ0v) is 21.0. The topological polar surface area (TPSA) is 133 Å². The molecule has 0 radical (unpaired) electrons. The van der Waals surface area contributed by atoms with Gasteiger partial charge in [-0.2, -0.15) is 18.2 Å². The Balaban J connectivity index is 1.42. The minimum Gasteiger partial charge on any atom is -0.494 e. The van der Waals surface area contributed by atoms with Crippen molar-refractivity contribution in [2.75, 3.05) is 45.3 Å². The number of aromatic nitrogens is 4. The van der Waals surface area contributed by atoms with Crippen LogP contribution in [0.2, 0.25) is 0 Å². The minimum atomic E-state index is -4.63. The summed E-state index contributed by atoms with van der Waals surface area (Å²) >= 11 is 0. The molecule has 0 bridgehead atoms. The molecule has 3 aromatic heterocycles. The number of nitrogens with zero attached hydrogens (tertiary/aromatic N) is 6. The standard InChI is InChI=1S/C25H24F3N7O4/c1-37-16-5-3-15(14-4-6-18(25(26,27)28)31-20(14)16)22-33-21(17(13-29)39-22)23(36)34-9-11-35(12-10-34)24-30-8-7-19(32-24)38-2/h3-8H,9-13,29H2,1-2H3. The van der Waals surface area contributed by atoms with E-state index in [2.05, 4.69) is 19.9 Å². The predicted octanol–water partition coefficient (Wildman–Crippen LogP) is 3.14. The van der Waals surface area contributed by atoms with E-state index in [-0.39, 0.29) is 41.1 Å². The first kappa shape index (κ1) is 26.2. The van der Waals surface area contributed by atoms with E-state index in [1.54, 1.807) is 23.2 Å². The zero-order chi connectivity index (χ0) is 27.7. The highest BCUT2D eigenvalue weighted by Crippen LogP contribution is 2.37. The van der Waals surface area contributed by atoms with Gasteiger partial charge in [0.1, 0.15) is 17.0 Å². The minimum absolute atomic E-state index is 0.0129. The zero-order valence-electron chi connectivity index (χ0n) is 21.0. The van der Waals surface area contributed by atoms with Crippen LogP contribution in [0.5, 0.6) is 11.6 Å². The lowest BCUT2D eigenvalue weighted by Crippen LogP contribution is -2.49. The third kappa shape index (κ3) is 5.02. The van der Waals surface area contributed by atoms with Crippen LogP contribution in [0, 0.1) is 0 Å². The molecule has 1 aromatic carbocycles. The summed E-state index contributed by atoms with van der Waals surface area (Å²) in [6.07, 6.45) is -3.03. The van der Waals surface area contributed by atoms with Gasteiger partial charge in [0.15, 0.2) is 11.5 Å². The predicted molar refractivity (Wildman–Crippen MR) is 133 cm³/mol. The van der Waals surface area contributed by atoms with Gasteiger partial charge in [-0.25, -0.2) is 15.0 Å². The summed E-state index contributed by atoms with van der Waals surface area (Å²) in [4.78, 5) is 33.8. The molecule has 0 saturated carbocycles. The lowest BCUT2D eigenvalue weighted by atomic mass is 10.1. The number of pyridine rings is 1. The van der Waals surface area contributed by atoms with Crippen molar-refractivity contribution in [2.45, 2.75) is 12.7 Å². The monoisotopic (exact) mass is 543 g/mol. The summed E-state index contributed by atoms with van der Waals surface area (Å²) in [7, 11) is 2.86. The Morgan fingerprint density at radius 2 is 1.79 bits per heavy atom. The van der Waals surface area contributed by atoms with Crippen LogP contribution in [0.3, 0.4) is 0 Å². The van der Waals surface area contributed by atoms with Gasteiger partial charge in [-0.3, -0.25) is 4.79 Å². The Morgan fingerprint density at radius 3 is 2.46 bits per heavy atom. The fraction of sp³-hybridized carbons (Fsp3) is 0.320. The molecule has 0 atom stereocenters. The fourth-order valence-corrected chi connectivity index (χ4v) is 4.33. The van der Waals surface area contributed by atoms with Gasteiger partial charge in [-0.1, -0.05) is 0 Å². The Kier molecular flexibility index (Phi) is 6.95. The molecular weight excluding hydrogens is 519 g/mol. The van der Waals surface area contributed by atoms with Gasteiger partial charge in [0.25, 0.3) is 5.91 Å². The number of ether oxygens (including phenoxy) is 2. The van der Waals surface area contributed by atoms with E-state index in [0.717, 1.165) is 6.07 Å². The smallest absolute Gasteiger partial charge is 0.433 e. The molecule has 4 aromatic rings. The van der Waals surface area contributed by atoms with E-state index in [4.69, 9.17) is 19.6 Å². The van der Waals surface area contributed by atoms with Crippen molar-refractivity contribution in [1.29, 1.82) is 0 Å². The molecule has 1 saturated heterocycles. The Hall–Kier alpha value is -4.46. The second-order valence-corrected chi connectivity index (χ2v) is 8.58. The number of methoxy groups -OCH3 is 2. The van der Waals surface area contributed by atoms with Crippen molar-refractivity contribution >= 4 is 22.8 Å². The van der Waals surface area contributed by atoms with Crippen LogP contribution in [0.4, 0.5) is 19.1 Å². The number of fused-ring (bicyclic) bond motifs is 1. The molecule has 4 heterocycles. The molecule has 204 valence electrons. The van der Waals surface area contributed by atoms with Gasteiger partial charge in [0, 0.05) is 49.4 Å². The summed E-state index contributed by atoms with van der Waals surface area (Å²) in [5.74, 6) is 0.930. The van der Waals surface area contributed by atoms with Crippen molar-refractivity contribution in [3.05, 3.63) is 53.7 Å². The second kappa shape index (κ2) is 10.4. The molecule has 39 heavy (non-hydrogen) atoms. The highest BCUT2D eigenvalue weighted by Gasteiger charge is 2.33. The molecule has 0 unspecified atom stereocenters. The molecule has 1 aliphatic heterocycles. The Labute approximate surface area is 220 Å². The summed E-state index contributed by atoms with van der Waals surface area (Å²) in [5.41, 5.74) is 5.18. The first-order chi connectivity index (χ1) is 18.7. The number of rotatable bonds is 6. The normalized spacial score (nSPS) is 14.1. The average Bonchev–Trinajstić information content (AvgIpc) is 3.39. The van der Waals surface area contributed by atoms with Crippen molar-refractivity contribution < 1.29 is 31.9 Å². The number of nitrogens with two attached hydrogens (primary N) is 1. The van der Waals surface area contributed by atoms with Crippen molar-refractivity contribution in [2.24, 2.45) is 5.73 Å². The first-order valence-electron chi connectivity index (χ1n) is 11.9. The average molecular weight is 544 g/mol. The molecule has 0 aliphatic carbocycles. The summed E-state index contributed by atoms with van der Waals surface area (Å²) in [6.45, 7) is 1.62. The van der Waals surface area contributed by atoms with E-state index < -0.39 is 11.9 Å². The molecule has 0 spiro atoms. The number of carbonyl (C=O) groups is 1. The number of benzene rings is 1. The van der Waals surface area contributed by atoms with Gasteiger partial charge < -0.3 is 29.4 Å². The molecule has 2 N–H and O–H groups in total. The highest BCUT2D eigenvalue weighted by molar-refractivity contribution is 5.98. The van der Waals surface area contributed by atoms with E-state index in [9.17, 15) is 18.0 Å². The van der Waals surface area contributed by atoms with Gasteiger partial charge in [-0.05, 0) is 24.3 Å². The number of halogens is 3. The molecular formula is C25H24F3N7O4. The number of amides is 1. The Bertz CT molecular complexity index is 1520. The lowest BCUT2D eigenvalue weighted by Gasteiger charge is -2.34. The van der Waals surface area contributed by atoms with Gasteiger partial charge in [0.05, 0.1) is 20.8 Å². The quantitative estimate of drug-likeness (QED) is 0.387. The molecule has 5 rings (SSSR count). The molecule has 1 aliphatic rings. The number of oxazole rings is 1. The number of hydrogen-bond acceptors (Lipinski definition) is 10. The lowest BCUT2D eigenvalue weighted by molar-refractivity contribution is -0.140. The summed E-state index contributed by atoms with van der Waals surface area (Å²) in [6, 6.07) is 6.85. The van der Waals surface area contributed by atoms with Crippen molar-refractivity contribution in [1.82, 2.24) is 24.8 Å². The first-order valence-corrected chi connectivity index (χ1v) is 11.9. The van der Waals surface area contributed by atoms with Crippen LogP contribution >= 0.6 is 0 Å². The fourth-order valence-electron chi connectivity index (χ4n) is 4.33. The molecule has 14 heteroatoms. The van der Waals surface area contributed by atoms with E-state index in [1.165, 1.54) is 26.4 Å². The van der Waals surface area contributed by atoms with Gasteiger partial charge in [0.2, 0.25) is 17.7 Å². The molecule has 1 amide bonds. The third-order valence-corrected chi connectivity index (χ3v) is 6.32. The summed E-state index contributed by atoms with van der Waals surface area (Å²) < 4.78 is 56.1. The highest BCUT2D eigenvalue weighted by atomic mass is 19.4. The van der Waals surface area contributed by atoms with Crippen LogP contribution in [0.15, 0.2) is 40.9 Å². The largest absolute Gasteiger partial charge is 0.494 e. The van der Waals surface area contributed by atoms with Crippen molar-refractivity contribution in [3.63, 3.8) is 0 Å². The van der Waals surface area contributed by atoms with Crippen LogP contribution < -0.4 is 20.1 Å². The molecule has 11 nitrogen and oxygen atoms in total. The van der Waals surface area contributed by atoms with E-state index in [0.29, 0.717) is 49.0 Å². The number of piperazine rings is 1. The van der Waals surface area contributed by atoms with Crippen LogP contribution in [0.25, 0.3) is 22.4 Å². The van der Waals surface area contributed by atoms with E-state index in [1.807, 2.05) is 4.90 Å². The third-order valence-electron chi connectivity index (χ3n) is 6.32. The number of hydrogen-bond donors (Lipinski definition) is 1. The second-order valence-electron chi connectivity index (χ2n) is 8.58. The number of carbonyl (C=O) groups excluding carboxylic acids is 1. The number of alkyl halides is 3. The summed E-state index contributed by atoms with van der Waals surface area (Å²) in [5, 5.41) is 0.318. The maximum absolute atomic E-state index is 13.4. The van der Waals surface area contributed by atoms with Crippen LogP contribution in [-0.2, 0) is 12.7 Å². The molecule has 1 fully saturated rings. The Morgan fingerprint density at radius 1 is 1.03 bits per heavy atom.